The maximum absolute atomic E-state index is 12.3. The summed E-state index contributed by atoms with van der Waals surface area (Å²) in [5.41, 5.74) is 1.83. The quantitative estimate of drug-likeness (QED) is 0.457. The molecular weight excluding hydrogens is 376 g/mol. The predicted molar refractivity (Wildman–Crippen MR) is 103 cm³/mol. The van der Waals surface area contributed by atoms with Crippen molar-refractivity contribution in [1.29, 1.82) is 0 Å². The number of amidine groups is 1. The number of rotatable bonds is 6. The van der Waals surface area contributed by atoms with Gasteiger partial charge >= 0.3 is 0 Å². The maximum Gasteiger partial charge on any atom is 0.288 e. The highest BCUT2D eigenvalue weighted by Crippen LogP contribution is 2.27. The van der Waals surface area contributed by atoms with Crippen LogP contribution in [-0.4, -0.2) is 28.3 Å². The molecule has 1 aliphatic heterocycles. The van der Waals surface area contributed by atoms with Gasteiger partial charge in [0, 0.05) is 4.90 Å². The van der Waals surface area contributed by atoms with Crippen molar-refractivity contribution in [3.63, 3.8) is 0 Å². The molecule has 0 spiro atoms. The first-order valence-corrected chi connectivity index (χ1v) is 9.53. The van der Waals surface area contributed by atoms with Crippen LogP contribution < -0.4 is 5.32 Å². The minimum atomic E-state index is -2.44. The van der Waals surface area contributed by atoms with Crippen molar-refractivity contribution in [1.82, 2.24) is 5.32 Å². The number of nitrogens with one attached hydrogen (secondary N) is 1. The van der Waals surface area contributed by atoms with Crippen LogP contribution in [0.4, 0.5) is 8.78 Å². The van der Waals surface area contributed by atoms with E-state index in [0.29, 0.717) is 28.2 Å². The van der Waals surface area contributed by atoms with Crippen LogP contribution in [0.25, 0.3) is 0 Å². The van der Waals surface area contributed by atoms with Gasteiger partial charge in [-0.2, -0.15) is 13.9 Å². The lowest BCUT2D eigenvalue weighted by Crippen LogP contribution is -2.25. The highest BCUT2D eigenvalue weighted by Gasteiger charge is 2.30. The van der Waals surface area contributed by atoms with Gasteiger partial charge in [0.05, 0.1) is 11.5 Å². The fraction of sp³-hybridized carbons (Fsp3) is 0.167. The Labute approximate surface area is 158 Å². The molecule has 0 bridgehead atoms. The van der Waals surface area contributed by atoms with Crippen molar-refractivity contribution in [2.24, 2.45) is 10.2 Å². The molecule has 26 heavy (non-hydrogen) atoms. The fourth-order valence-corrected chi connectivity index (χ4v) is 3.76. The standard InChI is InChI=1S/C18H15F2N3OS2/c19-17(20)25-14-8-6-12(7-9-14)10-15-16(24)22-18(26-15)23-21-11-13-4-2-1-3-5-13/h1-9,11,15,17H,10H2,(H,22,23,24)/b21-11+. The van der Waals surface area contributed by atoms with E-state index < -0.39 is 5.76 Å². The molecule has 2 aromatic carbocycles. The molecule has 1 amide bonds. The fourth-order valence-electron chi connectivity index (χ4n) is 2.29. The molecule has 0 aliphatic carbocycles. The average Bonchev–Trinajstić information content (AvgIpc) is 2.97. The molecule has 0 saturated carbocycles. The first-order chi connectivity index (χ1) is 12.6. The number of thioether (sulfide) groups is 2. The third-order valence-electron chi connectivity index (χ3n) is 3.50. The van der Waals surface area contributed by atoms with Crippen LogP contribution in [0.2, 0.25) is 0 Å². The number of alkyl halides is 2. The third kappa shape index (κ3) is 5.40. The van der Waals surface area contributed by atoms with Crippen LogP contribution in [0, 0.1) is 0 Å². The maximum atomic E-state index is 12.3. The minimum Gasteiger partial charge on any atom is -0.303 e. The lowest BCUT2D eigenvalue weighted by Gasteiger charge is -2.06. The molecule has 0 radical (unpaired) electrons. The summed E-state index contributed by atoms with van der Waals surface area (Å²) in [5.74, 6) is -2.57. The molecule has 4 nitrogen and oxygen atoms in total. The summed E-state index contributed by atoms with van der Waals surface area (Å²) in [7, 11) is 0. The Kier molecular flexibility index (Phi) is 6.40. The van der Waals surface area contributed by atoms with Gasteiger partial charge in [0.2, 0.25) is 5.91 Å². The normalized spacial score (nSPS) is 18.8. The highest BCUT2D eigenvalue weighted by molar-refractivity contribution is 8.15. The number of carbonyl (C=O) groups is 1. The molecule has 8 heteroatoms. The summed E-state index contributed by atoms with van der Waals surface area (Å²) in [6.45, 7) is 0. The van der Waals surface area contributed by atoms with Crippen LogP contribution in [0.15, 0.2) is 69.7 Å². The molecular formula is C18H15F2N3OS2. The Hall–Kier alpha value is -2.19. The smallest absolute Gasteiger partial charge is 0.288 e. The number of benzene rings is 2. The van der Waals surface area contributed by atoms with Crippen LogP contribution in [0.1, 0.15) is 11.1 Å². The lowest BCUT2D eigenvalue weighted by atomic mass is 10.1. The van der Waals surface area contributed by atoms with E-state index in [9.17, 15) is 13.6 Å². The highest BCUT2D eigenvalue weighted by atomic mass is 32.2. The van der Waals surface area contributed by atoms with E-state index >= 15 is 0 Å². The minimum absolute atomic E-state index is 0.130. The van der Waals surface area contributed by atoms with E-state index in [-0.39, 0.29) is 11.2 Å². The molecule has 134 valence electrons. The monoisotopic (exact) mass is 391 g/mol. The lowest BCUT2D eigenvalue weighted by molar-refractivity contribution is -0.118. The summed E-state index contributed by atoms with van der Waals surface area (Å²) in [6.07, 6.45) is 2.12. The van der Waals surface area contributed by atoms with Gasteiger partial charge in [-0.05, 0) is 29.7 Å². The van der Waals surface area contributed by atoms with Gasteiger partial charge in [-0.15, -0.1) is 5.10 Å². The van der Waals surface area contributed by atoms with E-state index in [1.54, 1.807) is 30.5 Å². The van der Waals surface area contributed by atoms with Crippen molar-refractivity contribution in [2.45, 2.75) is 22.3 Å². The molecule has 1 saturated heterocycles. The zero-order valence-corrected chi connectivity index (χ0v) is 15.1. The van der Waals surface area contributed by atoms with Crippen molar-refractivity contribution in [3.05, 3.63) is 65.7 Å². The predicted octanol–water partition coefficient (Wildman–Crippen LogP) is 4.17. The molecule has 1 heterocycles. The second-order valence-electron chi connectivity index (χ2n) is 5.38. The topological polar surface area (TPSA) is 53.8 Å². The number of halogens is 2. The SMILES string of the molecule is O=C1N/C(=N/N=C/c2ccccc2)SC1Cc1ccc(SC(F)F)cc1. The zero-order chi connectivity index (χ0) is 18.4. The summed E-state index contributed by atoms with van der Waals surface area (Å²) in [6, 6.07) is 16.4. The first-order valence-electron chi connectivity index (χ1n) is 7.77. The molecule has 3 rings (SSSR count). The zero-order valence-electron chi connectivity index (χ0n) is 13.5. The van der Waals surface area contributed by atoms with E-state index in [2.05, 4.69) is 15.5 Å². The van der Waals surface area contributed by atoms with Crippen molar-refractivity contribution in [3.8, 4) is 0 Å². The third-order valence-corrected chi connectivity index (χ3v) is 5.30. The average molecular weight is 391 g/mol. The van der Waals surface area contributed by atoms with Gasteiger partial charge < -0.3 is 5.32 Å². The molecule has 1 N–H and O–H groups in total. The van der Waals surface area contributed by atoms with Crippen LogP contribution in [0.5, 0.6) is 0 Å². The number of hydrogen-bond acceptors (Lipinski definition) is 5. The van der Waals surface area contributed by atoms with Gasteiger partial charge in [-0.25, -0.2) is 0 Å². The molecule has 2 aromatic rings. The Balaban J connectivity index is 1.57. The largest absolute Gasteiger partial charge is 0.303 e. The Morgan fingerprint density at radius 2 is 1.88 bits per heavy atom. The Bertz CT molecular complexity index is 811. The van der Waals surface area contributed by atoms with Gasteiger partial charge in [-0.3, -0.25) is 4.79 Å². The van der Waals surface area contributed by atoms with Gasteiger partial charge in [0.25, 0.3) is 5.76 Å². The number of hydrogen-bond donors (Lipinski definition) is 1. The van der Waals surface area contributed by atoms with Crippen molar-refractivity contribution in [2.75, 3.05) is 0 Å². The van der Waals surface area contributed by atoms with E-state index in [1.807, 2.05) is 30.3 Å². The van der Waals surface area contributed by atoms with Crippen LogP contribution in [0.3, 0.4) is 0 Å². The van der Waals surface area contributed by atoms with Crippen molar-refractivity contribution >= 4 is 40.8 Å². The summed E-state index contributed by atoms with van der Waals surface area (Å²) >= 11 is 1.82. The Morgan fingerprint density at radius 3 is 2.58 bits per heavy atom. The van der Waals surface area contributed by atoms with E-state index in [1.165, 1.54) is 11.8 Å². The summed E-state index contributed by atoms with van der Waals surface area (Å²) < 4.78 is 24.7. The second kappa shape index (κ2) is 8.95. The van der Waals surface area contributed by atoms with Crippen molar-refractivity contribution < 1.29 is 13.6 Å². The van der Waals surface area contributed by atoms with Crippen LogP contribution in [-0.2, 0) is 11.2 Å². The molecule has 1 aliphatic rings. The second-order valence-corrected chi connectivity index (χ2v) is 7.64. The van der Waals surface area contributed by atoms with Gasteiger partial charge in [0.15, 0.2) is 5.17 Å². The molecule has 1 fully saturated rings. The van der Waals surface area contributed by atoms with Crippen LogP contribution >= 0.6 is 23.5 Å². The number of carbonyl (C=O) groups excluding carboxylic acids is 1. The van der Waals surface area contributed by atoms with Gasteiger partial charge in [0.1, 0.15) is 0 Å². The molecule has 1 unspecified atom stereocenters. The Morgan fingerprint density at radius 1 is 1.15 bits per heavy atom. The van der Waals surface area contributed by atoms with Gasteiger partial charge in [-0.1, -0.05) is 66.0 Å². The summed E-state index contributed by atoms with van der Waals surface area (Å²) in [4.78, 5) is 12.6. The van der Waals surface area contributed by atoms with E-state index in [4.69, 9.17) is 0 Å². The molecule has 0 aromatic heterocycles. The summed E-state index contributed by atoms with van der Waals surface area (Å²) in [5, 5.41) is 10.9. The molecule has 1 atom stereocenters. The first kappa shape index (κ1) is 18.6. The van der Waals surface area contributed by atoms with E-state index in [0.717, 1.165) is 11.1 Å². The number of nitrogens with zero attached hydrogens (tertiary/aromatic N) is 2. The number of amides is 1.